The third-order valence-corrected chi connectivity index (χ3v) is 3.88. The lowest BCUT2D eigenvalue weighted by atomic mass is 10.2. The Kier molecular flexibility index (Phi) is 3.07. The van der Waals surface area contributed by atoms with Crippen LogP contribution in [0.5, 0.6) is 0 Å². The molecule has 0 aliphatic carbocycles. The molecule has 0 atom stereocenters. The zero-order valence-electron chi connectivity index (χ0n) is 8.91. The van der Waals surface area contributed by atoms with E-state index in [1.54, 1.807) is 0 Å². The van der Waals surface area contributed by atoms with Gasteiger partial charge < -0.3 is 9.55 Å². The van der Waals surface area contributed by atoms with Crippen LogP contribution in [0.1, 0.15) is 23.1 Å². The van der Waals surface area contributed by atoms with E-state index in [1.807, 2.05) is 17.5 Å². The smallest absolute Gasteiger partial charge is 0.177 e. The second kappa shape index (κ2) is 4.33. The molecule has 0 unspecified atom stereocenters. The number of imidazole rings is 1. The molecule has 1 N–H and O–H groups in total. The topological polar surface area (TPSA) is 20.7 Å². The van der Waals surface area contributed by atoms with Crippen LogP contribution in [-0.4, -0.2) is 9.55 Å². The number of nitrogens with zero attached hydrogens (tertiary/aromatic N) is 1. The van der Waals surface area contributed by atoms with Crippen LogP contribution in [0.2, 0.25) is 0 Å². The predicted molar refractivity (Wildman–Crippen MR) is 67.2 cm³/mol. The number of aryl methyl sites for hydroxylation is 2. The normalized spacial score (nSPS) is 10.8. The van der Waals surface area contributed by atoms with E-state index in [9.17, 15) is 0 Å². The van der Waals surface area contributed by atoms with E-state index in [4.69, 9.17) is 12.2 Å². The van der Waals surface area contributed by atoms with Crippen molar-refractivity contribution in [3.8, 4) is 0 Å². The van der Waals surface area contributed by atoms with Crippen molar-refractivity contribution in [3.05, 3.63) is 38.5 Å². The standard InChI is InChI=1S/C11H14N2S2/c1-3-9-4-5-15-10(9)7-13-8(2)6-12-11(13)14/h4-6H,3,7H2,1-2H3,(H,12,14). The molecule has 15 heavy (non-hydrogen) atoms. The van der Waals surface area contributed by atoms with Gasteiger partial charge in [0.1, 0.15) is 0 Å². The lowest BCUT2D eigenvalue weighted by Gasteiger charge is -2.05. The monoisotopic (exact) mass is 238 g/mol. The summed E-state index contributed by atoms with van der Waals surface area (Å²) >= 11 is 7.05. The van der Waals surface area contributed by atoms with Crippen molar-refractivity contribution >= 4 is 23.6 Å². The molecule has 0 fully saturated rings. The molecule has 0 amide bonds. The minimum Gasteiger partial charge on any atom is -0.337 e. The predicted octanol–water partition coefficient (Wildman–Crippen LogP) is 3.53. The van der Waals surface area contributed by atoms with Crippen LogP contribution in [0.15, 0.2) is 17.6 Å². The molecule has 0 bridgehead atoms. The van der Waals surface area contributed by atoms with Crippen molar-refractivity contribution in [3.63, 3.8) is 0 Å². The molecule has 0 radical (unpaired) electrons. The highest BCUT2D eigenvalue weighted by molar-refractivity contribution is 7.71. The number of nitrogens with one attached hydrogen (secondary N) is 1. The maximum absolute atomic E-state index is 5.24. The summed E-state index contributed by atoms with van der Waals surface area (Å²) in [6.45, 7) is 5.16. The SMILES string of the molecule is CCc1ccsc1Cn1c(C)c[nH]c1=S. The first-order chi connectivity index (χ1) is 7.22. The Morgan fingerprint density at radius 3 is 2.93 bits per heavy atom. The summed E-state index contributed by atoms with van der Waals surface area (Å²) in [5.74, 6) is 0. The van der Waals surface area contributed by atoms with Gasteiger partial charge in [0.25, 0.3) is 0 Å². The van der Waals surface area contributed by atoms with E-state index >= 15 is 0 Å². The summed E-state index contributed by atoms with van der Waals surface area (Å²) in [5, 5.41) is 2.15. The van der Waals surface area contributed by atoms with Gasteiger partial charge in [-0.2, -0.15) is 0 Å². The molecule has 2 rings (SSSR count). The molecule has 0 aliphatic heterocycles. The molecule has 2 aromatic rings. The summed E-state index contributed by atoms with van der Waals surface area (Å²) < 4.78 is 2.95. The van der Waals surface area contributed by atoms with Crippen molar-refractivity contribution in [2.75, 3.05) is 0 Å². The first kappa shape index (κ1) is 10.6. The van der Waals surface area contributed by atoms with E-state index in [2.05, 4.69) is 34.8 Å². The third-order valence-electron chi connectivity index (χ3n) is 2.60. The molecular formula is C11H14N2S2. The maximum Gasteiger partial charge on any atom is 0.177 e. The largest absolute Gasteiger partial charge is 0.337 e. The van der Waals surface area contributed by atoms with Crippen molar-refractivity contribution in [1.29, 1.82) is 0 Å². The summed E-state index contributed by atoms with van der Waals surface area (Å²) in [7, 11) is 0. The lowest BCUT2D eigenvalue weighted by molar-refractivity contribution is 0.762. The average molecular weight is 238 g/mol. The number of H-pyrrole nitrogens is 1. The van der Waals surface area contributed by atoms with Gasteiger partial charge in [-0.05, 0) is 42.6 Å². The summed E-state index contributed by atoms with van der Waals surface area (Å²) in [6, 6.07) is 2.20. The summed E-state index contributed by atoms with van der Waals surface area (Å²) in [6.07, 6.45) is 3.05. The molecule has 0 aromatic carbocycles. The fourth-order valence-corrected chi connectivity index (χ4v) is 2.87. The fourth-order valence-electron chi connectivity index (χ4n) is 1.64. The molecular weight excluding hydrogens is 224 g/mol. The summed E-state index contributed by atoms with van der Waals surface area (Å²) in [4.78, 5) is 4.48. The number of thiophene rings is 1. The minimum absolute atomic E-state index is 0.808. The highest BCUT2D eigenvalue weighted by Gasteiger charge is 2.05. The van der Waals surface area contributed by atoms with Crippen molar-refractivity contribution in [1.82, 2.24) is 9.55 Å². The van der Waals surface area contributed by atoms with Crippen molar-refractivity contribution in [2.24, 2.45) is 0 Å². The van der Waals surface area contributed by atoms with Gasteiger partial charge in [-0.1, -0.05) is 6.92 Å². The number of aromatic amines is 1. The Labute approximate surface area is 98.6 Å². The van der Waals surface area contributed by atoms with Crippen LogP contribution in [0.4, 0.5) is 0 Å². The minimum atomic E-state index is 0.808. The third kappa shape index (κ3) is 2.06. The van der Waals surface area contributed by atoms with E-state index in [0.29, 0.717) is 0 Å². The Bertz CT molecular complexity index is 505. The molecule has 0 saturated carbocycles. The second-order valence-corrected chi connectivity index (χ2v) is 4.93. The van der Waals surface area contributed by atoms with Crippen molar-refractivity contribution < 1.29 is 0 Å². The maximum atomic E-state index is 5.24. The average Bonchev–Trinajstić information content (AvgIpc) is 2.79. The van der Waals surface area contributed by atoms with E-state index < -0.39 is 0 Å². The molecule has 4 heteroatoms. The first-order valence-electron chi connectivity index (χ1n) is 5.02. The molecule has 0 spiro atoms. The van der Waals surface area contributed by atoms with E-state index in [0.717, 1.165) is 17.7 Å². The fraction of sp³-hybridized carbons (Fsp3) is 0.364. The first-order valence-corrected chi connectivity index (χ1v) is 6.31. The molecule has 2 nitrogen and oxygen atoms in total. The number of hydrogen-bond acceptors (Lipinski definition) is 2. The lowest BCUT2D eigenvalue weighted by Crippen LogP contribution is -2.01. The highest BCUT2D eigenvalue weighted by Crippen LogP contribution is 2.19. The van der Waals surface area contributed by atoms with Crippen LogP contribution in [-0.2, 0) is 13.0 Å². The Hall–Kier alpha value is -0.870. The Balaban J connectivity index is 2.33. The van der Waals surface area contributed by atoms with Gasteiger partial charge in [0.15, 0.2) is 4.77 Å². The van der Waals surface area contributed by atoms with Crippen LogP contribution < -0.4 is 0 Å². The molecule has 2 aromatic heterocycles. The molecule has 0 saturated heterocycles. The van der Waals surface area contributed by atoms with Gasteiger partial charge in [-0.3, -0.25) is 0 Å². The number of rotatable bonds is 3. The summed E-state index contributed by atoms with van der Waals surface area (Å²) in [5.41, 5.74) is 2.62. The molecule has 0 aliphatic rings. The van der Waals surface area contributed by atoms with Crippen LogP contribution in [0, 0.1) is 11.7 Å². The zero-order chi connectivity index (χ0) is 10.8. The van der Waals surface area contributed by atoms with Crippen LogP contribution >= 0.6 is 23.6 Å². The van der Waals surface area contributed by atoms with Gasteiger partial charge in [-0.15, -0.1) is 11.3 Å². The van der Waals surface area contributed by atoms with Gasteiger partial charge in [0.05, 0.1) is 6.54 Å². The number of hydrogen-bond donors (Lipinski definition) is 1. The molecule has 2 heterocycles. The van der Waals surface area contributed by atoms with E-state index in [1.165, 1.54) is 16.1 Å². The van der Waals surface area contributed by atoms with Gasteiger partial charge in [0.2, 0.25) is 0 Å². The second-order valence-electron chi connectivity index (χ2n) is 3.54. The van der Waals surface area contributed by atoms with E-state index in [-0.39, 0.29) is 0 Å². The quantitative estimate of drug-likeness (QED) is 0.811. The van der Waals surface area contributed by atoms with Gasteiger partial charge in [0, 0.05) is 16.8 Å². The van der Waals surface area contributed by atoms with Gasteiger partial charge in [-0.25, -0.2) is 0 Å². The van der Waals surface area contributed by atoms with Crippen molar-refractivity contribution in [2.45, 2.75) is 26.8 Å². The van der Waals surface area contributed by atoms with Gasteiger partial charge >= 0.3 is 0 Å². The Morgan fingerprint density at radius 2 is 2.33 bits per heavy atom. The highest BCUT2D eigenvalue weighted by atomic mass is 32.1. The number of aromatic nitrogens is 2. The zero-order valence-corrected chi connectivity index (χ0v) is 10.5. The molecule has 80 valence electrons. The Morgan fingerprint density at radius 1 is 1.53 bits per heavy atom. The van der Waals surface area contributed by atoms with Crippen LogP contribution in [0.25, 0.3) is 0 Å². The van der Waals surface area contributed by atoms with Crippen LogP contribution in [0.3, 0.4) is 0 Å².